The van der Waals surface area contributed by atoms with Crippen LogP contribution in [-0.2, 0) is 4.74 Å². The summed E-state index contributed by atoms with van der Waals surface area (Å²) in [6, 6.07) is 0. The van der Waals surface area contributed by atoms with Crippen molar-refractivity contribution in [3.8, 4) is 0 Å². The topological polar surface area (TPSA) is 9.23 Å². The van der Waals surface area contributed by atoms with E-state index in [1.807, 2.05) is 0 Å². The molecule has 21 heavy (non-hydrogen) atoms. The van der Waals surface area contributed by atoms with E-state index in [0.717, 1.165) is 0 Å². The molecule has 0 aliphatic carbocycles. The van der Waals surface area contributed by atoms with Gasteiger partial charge in [0.15, 0.2) is 0 Å². The molecule has 2 atom stereocenters. The van der Waals surface area contributed by atoms with E-state index in [-0.39, 0.29) is 13.8 Å². The molecule has 0 amide bonds. The summed E-state index contributed by atoms with van der Waals surface area (Å²) in [5.74, 6) is -9.76. The molecule has 1 nitrogen and oxygen atoms in total. The first-order valence-electron chi connectivity index (χ1n) is 5.30. The molecule has 0 fully saturated rings. The van der Waals surface area contributed by atoms with Gasteiger partial charge in [0.05, 0.1) is 0 Å². The predicted octanol–water partition coefficient (Wildman–Crippen LogP) is 4.96. The van der Waals surface area contributed by atoms with E-state index in [9.17, 15) is 43.9 Å². The van der Waals surface area contributed by atoms with E-state index in [4.69, 9.17) is 0 Å². The lowest BCUT2D eigenvalue weighted by atomic mass is 9.98. The van der Waals surface area contributed by atoms with Crippen LogP contribution in [0.3, 0.4) is 0 Å². The van der Waals surface area contributed by atoms with Crippen LogP contribution in [0.2, 0.25) is 0 Å². The Balaban J connectivity index is 5.65. The summed E-state index contributed by atoms with van der Waals surface area (Å²) < 4.78 is 132. The summed E-state index contributed by atoms with van der Waals surface area (Å²) in [5, 5.41) is 0. The highest BCUT2D eigenvalue weighted by Crippen LogP contribution is 2.51. The molecule has 0 rings (SSSR count). The van der Waals surface area contributed by atoms with Crippen LogP contribution in [0.15, 0.2) is 0 Å². The number of halogens is 10. The van der Waals surface area contributed by atoms with Gasteiger partial charge in [0.2, 0.25) is 0 Å². The highest BCUT2D eigenvalue weighted by Gasteiger charge is 2.74. The predicted molar refractivity (Wildman–Crippen MR) is 51.2 cm³/mol. The SMILES string of the molecule is CC(F)(F)C(C)(F)C(F)(F)OC(F)(F)[C@](C)(F)C(C)(F)F. The Labute approximate surface area is 113 Å². The lowest BCUT2D eigenvalue weighted by molar-refractivity contribution is -0.461. The van der Waals surface area contributed by atoms with Gasteiger partial charge in [-0.25, -0.2) is 31.1 Å². The molecule has 0 aliphatic heterocycles. The first kappa shape index (κ1) is 20.3. The van der Waals surface area contributed by atoms with Crippen molar-refractivity contribution in [2.75, 3.05) is 0 Å². The lowest BCUT2D eigenvalue weighted by Crippen LogP contribution is -2.62. The number of alkyl halides is 10. The van der Waals surface area contributed by atoms with Crippen LogP contribution in [0.4, 0.5) is 43.9 Å². The molecule has 0 saturated carbocycles. The second-order valence-corrected chi connectivity index (χ2v) is 4.92. The van der Waals surface area contributed by atoms with Gasteiger partial charge in [0.25, 0.3) is 23.2 Å². The molecule has 11 heteroatoms. The van der Waals surface area contributed by atoms with Crippen LogP contribution in [0.25, 0.3) is 0 Å². The third-order valence-corrected chi connectivity index (χ3v) is 3.00. The van der Waals surface area contributed by atoms with E-state index < -0.39 is 49.2 Å². The van der Waals surface area contributed by atoms with Crippen LogP contribution in [0.1, 0.15) is 27.7 Å². The Morgan fingerprint density at radius 2 is 0.667 bits per heavy atom. The van der Waals surface area contributed by atoms with E-state index in [1.165, 1.54) is 0 Å². The Morgan fingerprint density at radius 1 is 0.476 bits per heavy atom. The molecule has 0 aromatic heterocycles. The molecule has 0 aromatic rings. The molecule has 0 bridgehead atoms. The monoisotopic (exact) mass is 338 g/mol. The number of ether oxygens (including phenoxy) is 1. The third kappa shape index (κ3) is 3.37. The number of hydrogen-bond acceptors (Lipinski definition) is 1. The van der Waals surface area contributed by atoms with E-state index in [0.29, 0.717) is 0 Å². The first-order chi connectivity index (χ1) is 8.71. The summed E-state index contributed by atoms with van der Waals surface area (Å²) in [4.78, 5) is 0. The quantitative estimate of drug-likeness (QED) is 0.622. The minimum atomic E-state index is -5.95. The normalized spacial score (nSPS) is 20.9. The fourth-order valence-electron chi connectivity index (χ4n) is 0.864. The molecule has 0 saturated heterocycles. The lowest BCUT2D eigenvalue weighted by Gasteiger charge is -2.39. The van der Waals surface area contributed by atoms with E-state index >= 15 is 0 Å². The van der Waals surface area contributed by atoms with Crippen LogP contribution < -0.4 is 0 Å². The average molecular weight is 338 g/mol. The first-order valence-corrected chi connectivity index (χ1v) is 5.30. The summed E-state index contributed by atoms with van der Waals surface area (Å²) in [5.41, 5.74) is -9.99. The summed E-state index contributed by atoms with van der Waals surface area (Å²) in [7, 11) is 0. The second-order valence-electron chi connectivity index (χ2n) is 4.92. The average Bonchev–Trinajstić information content (AvgIpc) is 2.11. The molecular weight excluding hydrogens is 326 g/mol. The van der Waals surface area contributed by atoms with Crippen molar-refractivity contribution in [1.82, 2.24) is 0 Å². The number of rotatable bonds is 6. The maximum absolute atomic E-state index is 13.3. The van der Waals surface area contributed by atoms with Crippen LogP contribution in [-0.4, -0.2) is 35.4 Å². The minimum absolute atomic E-state index is 0.370. The fourth-order valence-corrected chi connectivity index (χ4v) is 0.864. The smallest absolute Gasteiger partial charge is 0.250 e. The zero-order valence-corrected chi connectivity index (χ0v) is 11.2. The van der Waals surface area contributed by atoms with Gasteiger partial charge in [0, 0.05) is 13.8 Å². The van der Waals surface area contributed by atoms with Crippen LogP contribution >= 0.6 is 0 Å². The molecule has 0 spiro atoms. The Hall–Kier alpha value is -0.740. The Morgan fingerprint density at radius 3 is 0.810 bits per heavy atom. The standard InChI is InChI=1S/C10H12F10O/c1-5(11,7(3,13)14)9(17,18)21-10(19,20)6(2,12)8(4,15)16/h1-4H3/t5-,6?/m1/s1. The molecule has 0 N–H and O–H groups in total. The van der Waals surface area contributed by atoms with Gasteiger partial charge in [-0.05, 0) is 13.8 Å². The Bertz CT molecular complexity index is 340. The van der Waals surface area contributed by atoms with Gasteiger partial charge < -0.3 is 0 Å². The molecule has 0 aliphatic rings. The van der Waals surface area contributed by atoms with E-state index in [1.54, 1.807) is 0 Å². The maximum Gasteiger partial charge on any atom is 0.400 e. The fraction of sp³-hybridized carbons (Fsp3) is 1.00. The summed E-state index contributed by atoms with van der Waals surface area (Å²) >= 11 is 0. The molecule has 128 valence electrons. The van der Waals surface area contributed by atoms with Crippen molar-refractivity contribution in [3.63, 3.8) is 0 Å². The summed E-state index contributed by atoms with van der Waals surface area (Å²) in [6.45, 7) is -1.71. The molecule has 0 radical (unpaired) electrons. The van der Waals surface area contributed by atoms with Gasteiger partial charge in [0.1, 0.15) is 0 Å². The van der Waals surface area contributed by atoms with Crippen LogP contribution in [0.5, 0.6) is 0 Å². The summed E-state index contributed by atoms with van der Waals surface area (Å²) in [6.07, 6.45) is -11.9. The van der Waals surface area contributed by atoms with Crippen LogP contribution in [0, 0.1) is 0 Å². The zero-order valence-electron chi connectivity index (χ0n) is 11.2. The largest absolute Gasteiger partial charge is 0.400 e. The highest BCUT2D eigenvalue weighted by molar-refractivity contribution is 4.99. The zero-order chi connectivity index (χ0) is 17.7. The van der Waals surface area contributed by atoms with Crippen molar-refractivity contribution in [2.45, 2.75) is 63.1 Å². The molecule has 0 aromatic carbocycles. The van der Waals surface area contributed by atoms with Gasteiger partial charge >= 0.3 is 12.2 Å². The maximum atomic E-state index is 13.3. The van der Waals surface area contributed by atoms with Crippen molar-refractivity contribution in [2.24, 2.45) is 0 Å². The van der Waals surface area contributed by atoms with Crippen molar-refractivity contribution in [3.05, 3.63) is 0 Å². The van der Waals surface area contributed by atoms with Crippen molar-refractivity contribution < 1.29 is 48.6 Å². The number of hydrogen-bond donors (Lipinski definition) is 0. The Kier molecular flexibility index (Phi) is 4.71. The molecule has 1 unspecified atom stereocenters. The second kappa shape index (κ2) is 4.88. The van der Waals surface area contributed by atoms with Crippen molar-refractivity contribution >= 4 is 0 Å². The van der Waals surface area contributed by atoms with E-state index in [2.05, 4.69) is 4.74 Å². The molecular formula is C10H12F10O. The molecule has 0 heterocycles. The highest BCUT2D eigenvalue weighted by atomic mass is 19.3. The van der Waals surface area contributed by atoms with Gasteiger partial charge in [-0.2, -0.15) is 17.6 Å². The third-order valence-electron chi connectivity index (χ3n) is 3.00. The van der Waals surface area contributed by atoms with Gasteiger partial charge in [-0.1, -0.05) is 0 Å². The minimum Gasteiger partial charge on any atom is -0.250 e. The van der Waals surface area contributed by atoms with Crippen molar-refractivity contribution in [1.29, 1.82) is 0 Å². The van der Waals surface area contributed by atoms with Gasteiger partial charge in [-0.3, -0.25) is 0 Å². The van der Waals surface area contributed by atoms with Gasteiger partial charge in [-0.15, -0.1) is 0 Å².